The average Bonchev–Trinajstić information content (AvgIpc) is 2.89. The Balaban J connectivity index is 1.46. The summed E-state index contributed by atoms with van der Waals surface area (Å²) in [6.45, 7) is 8.74. The predicted octanol–water partition coefficient (Wildman–Crippen LogP) is 4.27. The number of nitrogens with one attached hydrogen (secondary N) is 1. The van der Waals surface area contributed by atoms with Crippen LogP contribution in [-0.4, -0.2) is 41.6 Å². The number of carbonyl (C=O) groups excluding carboxylic acids is 1. The molecule has 1 saturated heterocycles. The fourth-order valence-corrected chi connectivity index (χ4v) is 3.53. The van der Waals surface area contributed by atoms with Gasteiger partial charge < -0.3 is 9.72 Å². The Morgan fingerprint density at radius 2 is 1.85 bits per heavy atom. The third-order valence-electron chi connectivity index (χ3n) is 5.17. The van der Waals surface area contributed by atoms with Crippen molar-refractivity contribution in [1.82, 2.24) is 9.88 Å². The maximum Gasteiger partial charge on any atom is 0.340 e. The van der Waals surface area contributed by atoms with E-state index in [2.05, 4.69) is 46.3 Å². The first-order valence-electron chi connectivity index (χ1n) is 9.35. The van der Waals surface area contributed by atoms with Crippen molar-refractivity contribution in [3.05, 3.63) is 64.5 Å². The molecule has 1 N–H and O–H groups in total. The summed E-state index contributed by atoms with van der Waals surface area (Å²) in [5, 5.41) is 0. The van der Waals surface area contributed by atoms with Gasteiger partial charge in [-0.25, -0.2) is 4.79 Å². The molecular weight excluding hydrogens is 324 g/mol. The van der Waals surface area contributed by atoms with E-state index in [4.69, 9.17) is 4.74 Å². The number of hydrogen-bond donors (Lipinski definition) is 1. The number of aryl methyl sites for hydroxylation is 2. The average molecular weight is 352 g/mol. The van der Waals surface area contributed by atoms with Crippen LogP contribution in [0.3, 0.4) is 0 Å². The second-order valence-electron chi connectivity index (χ2n) is 7.09. The molecule has 2 heterocycles. The number of likely N-dealkylation sites (tertiary alicyclic amines) is 1. The smallest absolute Gasteiger partial charge is 0.340 e. The van der Waals surface area contributed by atoms with Gasteiger partial charge in [0.05, 0.1) is 5.56 Å². The molecule has 0 bridgehead atoms. The number of benzene rings is 1. The highest BCUT2D eigenvalue weighted by Crippen LogP contribution is 2.21. The van der Waals surface area contributed by atoms with E-state index in [0.717, 1.165) is 49.4 Å². The van der Waals surface area contributed by atoms with Gasteiger partial charge in [0, 0.05) is 31.0 Å². The summed E-state index contributed by atoms with van der Waals surface area (Å²) >= 11 is 0. The summed E-state index contributed by atoms with van der Waals surface area (Å²) in [5.41, 5.74) is 4.86. The second kappa shape index (κ2) is 8.37. The monoisotopic (exact) mass is 352 g/mol. The molecule has 0 unspecified atom stereocenters. The summed E-state index contributed by atoms with van der Waals surface area (Å²) in [4.78, 5) is 18.1. The molecule has 1 aliphatic rings. The summed E-state index contributed by atoms with van der Waals surface area (Å²) in [6.07, 6.45) is 6.17. The Morgan fingerprint density at radius 3 is 2.46 bits per heavy atom. The number of esters is 1. The van der Waals surface area contributed by atoms with Crippen molar-refractivity contribution in [2.24, 2.45) is 0 Å². The minimum atomic E-state index is -0.188. The van der Waals surface area contributed by atoms with Gasteiger partial charge in [-0.3, -0.25) is 4.90 Å². The van der Waals surface area contributed by atoms with E-state index < -0.39 is 0 Å². The van der Waals surface area contributed by atoms with Crippen LogP contribution >= 0.6 is 0 Å². The van der Waals surface area contributed by atoms with E-state index >= 15 is 0 Å². The van der Waals surface area contributed by atoms with Crippen molar-refractivity contribution in [3.8, 4) is 0 Å². The van der Waals surface area contributed by atoms with Gasteiger partial charge in [0.1, 0.15) is 6.10 Å². The number of carbonyl (C=O) groups is 1. The Morgan fingerprint density at radius 1 is 1.15 bits per heavy atom. The molecule has 4 heteroatoms. The summed E-state index contributed by atoms with van der Waals surface area (Å²) < 4.78 is 5.77. The highest BCUT2D eigenvalue weighted by atomic mass is 16.5. The van der Waals surface area contributed by atoms with E-state index in [9.17, 15) is 4.79 Å². The number of rotatable bonds is 5. The lowest BCUT2D eigenvalue weighted by atomic mass is 10.1. The van der Waals surface area contributed by atoms with Gasteiger partial charge in [-0.05, 0) is 44.7 Å². The van der Waals surface area contributed by atoms with Crippen LogP contribution in [0.4, 0.5) is 0 Å². The van der Waals surface area contributed by atoms with E-state index in [1.807, 2.05) is 26.8 Å². The number of aromatic nitrogens is 1. The van der Waals surface area contributed by atoms with Crippen molar-refractivity contribution in [2.45, 2.75) is 39.7 Å². The lowest BCUT2D eigenvalue weighted by molar-refractivity contribution is 0.0124. The molecule has 0 spiro atoms. The Hall–Kier alpha value is -2.33. The molecule has 2 aromatic rings. The van der Waals surface area contributed by atoms with Gasteiger partial charge in [-0.15, -0.1) is 0 Å². The zero-order valence-electron chi connectivity index (χ0n) is 15.9. The quantitative estimate of drug-likeness (QED) is 0.817. The first kappa shape index (κ1) is 18.5. The first-order chi connectivity index (χ1) is 12.5. The van der Waals surface area contributed by atoms with E-state index in [-0.39, 0.29) is 12.1 Å². The largest absolute Gasteiger partial charge is 0.459 e. The Labute approximate surface area is 155 Å². The molecule has 4 nitrogen and oxygen atoms in total. The van der Waals surface area contributed by atoms with Crippen LogP contribution < -0.4 is 0 Å². The molecular formula is C22H28N2O2. The van der Waals surface area contributed by atoms with Crippen molar-refractivity contribution < 1.29 is 9.53 Å². The number of piperidine rings is 1. The highest BCUT2D eigenvalue weighted by molar-refractivity contribution is 5.92. The predicted molar refractivity (Wildman–Crippen MR) is 105 cm³/mol. The van der Waals surface area contributed by atoms with Gasteiger partial charge in [0.25, 0.3) is 0 Å². The lowest BCUT2D eigenvalue weighted by Crippen LogP contribution is -2.38. The van der Waals surface area contributed by atoms with E-state index in [1.54, 1.807) is 0 Å². The van der Waals surface area contributed by atoms with Crippen LogP contribution in [0.15, 0.2) is 36.4 Å². The minimum absolute atomic E-state index is 0.0193. The van der Waals surface area contributed by atoms with Crippen molar-refractivity contribution in [1.29, 1.82) is 0 Å². The van der Waals surface area contributed by atoms with Crippen LogP contribution in [0, 0.1) is 20.8 Å². The Bertz CT molecular complexity index is 769. The van der Waals surface area contributed by atoms with Crippen LogP contribution in [0.2, 0.25) is 0 Å². The minimum Gasteiger partial charge on any atom is -0.459 e. The van der Waals surface area contributed by atoms with Crippen molar-refractivity contribution in [2.75, 3.05) is 19.6 Å². The zero-order valence-corrected chi connectivity index (χ0v) is 15.9. The third kappa shape index (κ3) is 4.44. The summed E-state index contributed by atoms with van der Waals surface area (Å²) in [7, 11) is 0. The standard InChI is InChI=1S/C22H28N2O2/c1-16-17(2)23-18(3)21(16)22(25)26-20-11-14-24(15-12-20)13-7-10-19-8-5-4-6-9-19/h4-10,20,23H,11-15H2,1-3H3/b10-7+. The second-order valence-corrected chi connectivity index (χ2v) is 7.09. The molecule has 0 amide bonds. The molecule has 0 radical (unpaired) electrons. The molecule has 1 aromatic carbocycles. The molecule has 1 fully saturated rings. The first-order valence-corrected chi connectivity index (χ1v) is 9.35. The molecule has 0 aliphatic carbocycles. The summed E-state index contributed by atoms with van der Waals surface area (Å²) in [6, 6.07) is 10.3. The molecule has 1 aromatic heterocycles. The highest BCUT2D eigenvalue weighted by Gasteiger charge is 2.25. The van der Waals surface area contributed by atoms with Crippen LogP contribution in [0.1, 0.15) is 45.7 Å². The molecule has 0 saturated carbocycles. The van der Waals surface area contributed by atoms with E-state index in [0.29, 0.717) is 5.56 Å². The molecule has 26 heavy (non-hydrogen) atoms. The number of H-pyrrole nitrogens is 1. The lowest BCUT2D eigenvalue weighted by Gasteiger charge is -2.30. The fraction of sp³-hybridized carbons (Fsp3) is 0.409. The number of nitrogens with zero attached hydrogens (tertiary/aromatic N) is 1. The molecule has 3 rings (SSSR count). The van der Waals surface area contributed by atoms with Gasteiger partial charge in [0.2, 0.25) is 0 Å². The third-order valence-corrected chi connectivity index (χ3v) is 5.17. The Kier molecular flexibility index (Phi) is 5.94. The van der Waals surface area contributed by atoms with Gasteiger partial charge in [-0.2, -0.15) is 0 Å². The fourth-order valence-electron chi connectivity index (χ4n) is 3.53. The number of aromatic amines is 1. The van der Waals surface area contributed by atoms with E-state index in [1.165, 1.54) is 5.56 Å². The molecule has 138 valence electrons. The number of ether oxygens (including phenoxy) is 1. The van der Waals surface area contributed by atoms with Crippen LogP contribution in [0.5, 0.6) is 0 Å². The maximum atomic E-state index is 12.5. The normalized spacial score (nSPS) is 16.3. The van der Waals surface area contributed by atoms with Gasteiger partial charge in [-0.1, -0.05) is 42.5 Å². The van der Waals surface area contributed by atoms with Crippen molar-refractivity contribution in [3.63, 3.8) is 0 Å². The van der Waals surface area contributed by atoms with Crippen LogP contribution in [-0.2, 0) is 4.74 Å². The van der Waals surface area contributed by atoms with Crippen molar-refractivity contribution >= 4 is 12.0 Å². The number of hydrogen-bond acceptors (Lipinski definition) is 3. The maximum absolute atomic E-state index is 12.5. The molecule has 0 atom stereocenters. The zero-order chi connectivity index (χ0) is 18.5. The SMILES string of the molecule is Cc1[nH]c(C)c(C(=O)OC2CCN(C/C=C/c3ccccc3)CC2)c1C. The summed E-state index contributed by atoms with van der Waals surface area (Å²) in [5.74, 6) is -0.188. The van der Waals surface area contributed by atoms with Crippen LogP contribution in [0.25, 0.3) is 6.08 Å². The van der Waals surface area contributed by atoms with Gasteiger partial charge in [0.15, 0.2) is 0 Å². The molecule has 1 aliphatic heterocycles. The van der Waals surface area contributed by atoms with Gasteiger partial charge >= 0.3 is 5.97 Å². The topological polar surface area (TPSA) is 45.3 Å².